The number of amides is 1. The second-order valence-corrected chi connectivity index (χ2v) is 6.48. The summed E-state index contributed by atoms with van der Waals surface area (Å²) < 4.78 is 0. The fraction of sp³-hybridized carbons (Fsp3) is 0.316. The van der Waals surface area contributed by atoms with Gasteiger partial charge < -0.3 is 10.6 Å². The summed E-state index contributed by atoms with van der Waals surface area (Å²) in [4.78, 5) is 20.5. The van der Waals surface area contributed by atoms with E-state index in [-0.39, 0.29) is 5.91 Å². The molecule has 0 fully saturated rings. The largest absolute Gasteiger partial charge is 0.352 e. The zero-order valence-electron chi connectivity index (χ0n) is 14.0. The standard InChI is InChI=1S/C19H21ClN4O/c20-16-7-4-8-17(11-16)24-19-22-12-15(13-23-19)18(25)21-10-9-14-5-2-1-3-6-14/h4-5,7-8,11-13H,1-3,6,9-10H2,(H,21,25)(H,22,23,24). The third-order valence-electron chi connectivity index (χ3n) is 4.11. The van der Waals surface area contributed by atoms with Gasteiger partial charge in [0.05, 0.1) is 5.56 Å². The Morgan fingerprint density at radius 3 is 2.76 bits per heavy atom. The Labute approximate surface area is 152 Å². The van der Waals surface area contributed by atoms with Crippen LogP contribution in [0.2, 0.25) is 5.02 Å². The van der Waals surface area contributed by atoms with Gasteiger partial charge in [-0.1, -0.05) is 29.3 Å². The molecule has 3 rings (SSSR count). The Morgan fingerprint density at radius 2 is 2.04 bits per heavy atom. The number of carbonyl (C=O) groups excluding carboxylic acids is 1. The Hall–Kier alpha value is -2.40. The molecule has 2 N–H and O–H groups in total. The molecule has 1 aromatic carbocycles. The molecule has 2 aromatic rings. The first-order valence-corrected chi connectivity index (χ1v) is 8.89. The molecule has 6 heteroatoms. The second-order valence-electron chi connectivity index (χ2n) is 6.04. The molecule has 1 aromatic heterocycles. The van der Waals surface area contributed by atoms with Crippen molar-refractivity contribution in [2.75, 3.05) is 11.9 Å². The van der Waals surface area contributed by atoms with Gasteiger partial charge in [0, 0.05) is 29.6 Å². The number of anilines is 2. The van der Waals surface area contributed by atoms with Crippen molar-refractivity contribution in [1.82, 2.24) is 15.3 Å². The van der Waals surface area contributed by atoms with Gasteiger partial charge in [-0.25, -0.2) is 9.97 Å². The first-order chi connectivity index (χ1) is 12.2. The van der Waals surface area contributed by atoms with E-state index in [0.29, 0.717) is 23.1 Å². The highest BCUT2D eigenvalue weighted by molar-refractivity contribution is 6.30. The van der Waals surface area contributed by atoms with E-state index in [2.05, 4.69) is 26.7 Å². The minimum atomic E-state index is -0.147. The van der Waals surface area contributed by atoms with Crippen LogP contribution in [0.4, 0.5) is 11.6 Å². The molecule has 1 aliphatic rings. The number of aromatic nitrogens is 2. The van der Waals surface area contributed by atoms with E-state index < -0.39 is 0 Å². The summed E-state index contributed by atoms with van der Waals surface area (Å²) in [6.07, 6.45) is 11.1. The van der Waals surface area contributed by atoms with Gasteiger partial charge in [-0.2, -0.15) is 0 Å². The Kier molecular flexibility index (Phi) is 6.01. The number of hydrogen-bond donors (Lipinski definition) is 2. The molecule has 0 saturated heterocycles. The zero-order chi connectivity index (χ0) is 17.5. The lowest BCUT2D eigenvalue weighted by Crippen LogP contribution is -2.25. The van der Waals surface area contributed by atoms with E-state index in [1.165, 1.54) is 30.8 Å². The average molecular weight is 357 g/mol. The monoisotopic (exact) mass is 356 g/mol. The number of nitrogens with one attached hydrogen (secondary N) is 2. The predicted octanol–water partition coefficient (Wildman–Crippen LogP) is 4.49. The molecule has 0 saturated carbocycles. The van der Waals surface area contributed by atoms with Crippen LogP contribution in [-0.2, 0) is 0 Å². The maximum atomic E-state index is 12.2. The van der Waals surface area contributed by atoms with Gasteiger partial charge in [-0.3, -0.25) is 4.79 Å². The van der Waals surface area contributed by atoms with Crippen molar-refractivity contribution in [3.05, 3.63) is 58.9 Å². The molecule has 130 valence electrons. The van der Waals surface area contributed by atoms with Crippen molar-refractivity contribution >= 4 is 29.1 Å². The molecular formula is C19H21ClN4O. The molecule has 1 aliphatic carbocycles. The summed E-state index contributed by atoms with van der Waals surface area (Å²) in [5.74, 6) is 0.275. The SMILES string of the molecule is O=C(NCCC1=CCCCC1)c1cnc(Nc2cccc(Cl)c2)nc1. The molecule has 1 heterocycles. The van der Waals surface area contributed by atoms with Crippen LogP contribution in [0.3, 0.4) is 0 Å². The molecular weight excluding hydrogens is 336 g/mol. The first kappa shape index (κ1) is 17.4. The van der Waals surface area contributed by atoms with E-state index in [4.69, 9.17) is 11.6 Å². The van der Waals surface area contributed by atoms with Crippen molar-refractivity contribution in [1.29, 1.82) is 0 Å². The second kappa shape index (κ2) is 8.62. The van der Waals surface area contributed by atoms with Crippen molar-refractivity contribution in [3.63, 3.8) is 0 Å². The molecule has 0 unspecified atom stereocenters. The Balaban J connectivity index is 1.51. The van der Waals surface area contributed by atoms with E-state index in [1.54, 1.807) is 12.1 Å². The van der Waals surface area contributed by atoms with Gasteiger partial charge in [-0.15, -0.1) is 0 Å². The van der Waals surface area contributed by atoms with E-state index >= 15 is 0 Å². The van der Waals surface area contributed by atoms with Crippen LogP contribution in [-0.4, -0.2) is 22.4 Å². The van der Waals surface area contributed by atoms with Gasteiger partial charge in [0.2, 0.25) is 5.95 Å². The molecule has 0 atom stereocenters. The van der Waals surface area contributed by atoms with Crippen molar-refractivity contribution < 1.29 is 4.79 Å². The summed E-state index contributed by atoms with van der Waals surface area (Å²) in [5.41, 5.74) is 2.70. The summed E-state index contributed by atoms with van der Waals surface area (Å²) >= 11 is 5.94. The number of hydrogen-bond acceptors (Lipinski definition) is 4. The molecule has 0 spiro atoms. The molecule has 0 radical (unpaired) electrons. The van der Waals surface area contributed by atoms with E-state index in [0.717, 1.165) is 24.9 Å². The summed E-state index contributed by atoms with van der Waals surface area (Å²) in [6.45, 7) is 0.646. The molecule has 0 aliphatic heterocycles. The zero-order valence-corrected chi connectivity index (χ0v) is 14.7. The number of benzene rings is 1. The molecule has 5 nitrogen and oxygen atoms in total. The lowest BCUT2D eigenvalue weighted by molar-refractivity contribution is 0.0953. The minimum absolute atomic E-state index is 0.147. The van der Waals surface area contributed by atoms with Crippen molar-refractivity contribution in [2.24, 2.45) is 0 Å². The first-order valence-electron chi connectivity index (χ1n) is 8.51. The average Bonchev–Trinajstić information content (AvgIpc) is 2.63. The third-order valence-corrected chi connectivity index (χ3v) is 4.35. The lowest BCUT2D eigenvalue weighted by atomic mass is 9.97. The quantitative estimate of drug-likeness (QED) is 0.748. The maximum absolute atomic E-state index is 12.2. The fourth-order valence-electron chi connectivity index (χ4n) is 2.78. The van der Waals surface area contributed by atoms with Crippen LogP contribution < -0.4 is 10.6 Å². The van der Waals surface area contributed by atoms with Gasteiger partial charge in [0.25, 0.3) is 5.91 Å². The molecule has 25 heavy (non-hydrogen) atoms. The lowest BCUT2D eigenvalue weighted by Gasteiger charge is -2.13. The number of rotatable bonds is 6. The fourth-order valence-corrected chi connectivity index (χ4v) is 2.97. The molecule has 0 bridgehead atoms. The third kappa shape index (κ3) is 5.29. The van der Waals surface area contributed by atoms with Gasteiger partial charge in [-0.05, 0) is 50.3 Å². The van der Waals surface area contributed by atoms with Crippen molar-refractivity contribution in [2.45, 2.75) is 32.1 Å². The van der Waals surface area contributed by atoms with Gasteiger partial charge in [0.15, 0.2) is 0 Å². The van der Waals surface area contributed by atoms with Crippen molar-refractivity contribution in [3.8, 4) is 0 Å². The highest BCUT2D eigenvalue weighted by atomic mass is 35.5. The van der Waals surface area contributed by atoms with Crippen LogP contribution in [0.25, 0.3) is 0 Å². The Bertz CT molecular complexity index is 758. The van der Waals surface area contributed by atoms with E-state index in [9.17, 15) is 4.79 Å². The topological polar surface area (TPSA) is 66.9 Å². The van der Waals surface area contributed by atoms with Crippen LogP contribution >= 0.6 is 11.6 Å². The number of carbonyl (C=O) groups is 1. The number of allylic oxidation sites excluding steroid dienone is 1. The summed E-state index contributed by atoms with van der Waals surface area (Å²) in [7, 11) is 0. The minimum Gasteiger partial charge on any atom is -0.352 e. The van der Waals surface area contributed by atoms with Gasteiger partial charge >= 0.3 is 0 Å². The van der Waals surface area contributed by atoms with Crippen LogP contribution in [0.5, 0.6) is 0 Å². The number of halogens is 1. The van der Waals surface area contributed by atoms with Crippen LogP contribution in [0.15, 0.2) is 48.3 Å². The summed E-state index contributed by atoms with van der Waals surface area (Å²) in [6, 6.07) is 7.29. The molecule has 1 amide bonds. The highest BCUT2D eigenvalue weighted by Gasteiger charge is 2.08. The van der Waals surface area contributed by atoms with Crippen LogP contribution in [0.1, 0.15) is 42.5 Å². The highest BCUT2D eigenvalue weighted by Crippen LogP contribution is 2.19. The van der Waals surface area contributed by atoms with Crippen LogP contribution in [0, 0.1) is 0 Å². The number of nitrogens with zero attached hydrogens (tertiary/aromatic N) is 2. The Morgan fingerprint density at radius 1 is 1.20 bits per heavy atom. The maximum Gasteiger partial charge on any atom is 0.254 e. The predicted molar refractivity (Wildman–Crippen MR) is 100 cm³/mol. The normalized spacial score (nSPS) is 13.9. The smallest absolute Gasteiger partial charge is 0.254 e. The van der Waals surface area contributed by atoms with Gasteiger partial charge in [0.1, 0.15) is 0 Å². The summed E-state index contributed by atoms with van der Waals surface area (Å²) in [5, 5.41) is 6.61. The van der Waals surface area contributed by atoms with E-state index in [1.807, 2.05) is 12.1 Å².